The first-order chi connectivity index (χ1) is 24.4. The summed E-state index contributed by atoms with van der Waals surface area (Å²) in [5.41, 5.74) is 11.2. The van der Waals surface area contributed by atoms with Gasteiger partial charge in [0.2, 0.25) is 0 Å². The van der Waals surface area contributed by atoms with Gasteiger partial charge in [0, 0.05) is 59.8 Å². The Morgan fingerprint density at radius 1 is 0.704 bits per heavy atom. The van der Waals surface area contributed by atoms with Crippen molar-refractivity contribution >= 4 is 5.84 Å². The van der Waals surface area contributed by atoms with Gasteiger partial charge in [-0.05, 0) is 13.8 Å². The number of hydrogen-bond acceptors (Lipinski definition) is 21. The van der Waals surface area contributed by atoms with Crippen molar-refractivity contribution < 1.29 is 119 Å². The van der Waals surface area contributed by atoms with E-state index in [1.54, 1.807) is 27.8 Å². The second-order valence-corrected chi connectivity index (χ2v) is 7.93. The quantitative estimate of drug-likeness (QED) is 0.0468. The van der Waals surface area contributed by atoms with Gasteiger partial charge < -0.3 is 47.4 Å². The van der Waals surface area contributed by atoms with Gasteiger partial charge in [0.25, 0.3) is 11.6 Å². The minimum Gasteiger partial charge on any atom is -0.857 e. The number of nitrogens with one attached hydrogen (secondary N) is 12. The van der Waals surface area contributed by atoms with E-state index in [9.17, 15) is 40.5 Å². The number of nitriles is 1. The van der Waals surface area contributed by atoms with Crippen LogP contribution in [0.1, 0.15) is 34.6 Å². The Hall–Kier alpha value is -3.12. The van der Waals surface area contributed by atoms with Crippen molar-refractivity contribution in [2.45, 2.75) is 40.8 Å². The second-order valence-electron chi connectivity index (χ2n) is 7.93. The van der Waals surface area contributed by atoms with Gasteiger partial charge in [-0.25, -0.2) is 40.5 Å². The predicted molar refractivity (Wildman–Crippen MR) is 181 cm³/mol. The maximum absolute atomic E-state index is 10.1. The van der Waals surface area contributed by atoms with Gasteiger partial charge in [0.15, 0.2) is 31.8 Å². The third kappa shape index (κ3) is 46.9. The van der Waals surface area contributed by atoms with Crippen LogP contribution in [0, 0.1) is 62.3 Å². The van der Waals surface area contributed by atoms with Crippen LogP contribution >= 0.6 is 0 Å². The van der Waals surface area contributed by atoms with Crippen LogP contribution in [0.5, 0.6) is 0 Å². The van der Waals surface area contributed by atoms with Gasteiger partial charge >= 0.3 is 88.7 Å². The molecule has 0 aliphatic carbocycles. The number of hydrazine groups is 4. The van der Waals surface area contributed by atoms with E-state index in [0.717, 1.165) is 46.2 Å². The van der Waals surface area contributed by atoms with Crippen molar-refractivity contribution in [1.29, 1.82) is 10.9 Å². The van der Waals surface area contributed by atoms with Crippen LogP contribution in [0.15, 0.2) is 28.3 Å². The Bertz CT molecular complexity index is 990. The largest absolute Gasteiger partial charge is 1.00 e. The summed E-state index contributed by atoms with van der Waals surface area (Å²) in [5, 5.41) is 79.7. The number of nitroso groups, excluding NO2 is 1. The zero-order valence-electron chi connectivity index (χ0n) is 32.4. The van der Waals surface area contributed by atoms with Crippen molar-refractivity contribution in [1.82, 2.24) is 58.9 Å². The zero-order valence-corrected chi connectivity index (χ0v) is 38.4. The molecule has 13 N–H and O–H groups in total. The molecule has 54 heavy (non-hydrogen) atoms. The number of nitro groups is 4. The summed E-state index contributed by atoms with van der Waals surface area (Å²) in [6, 6.07) is 1.75. The van der Waals surface area contributed by atoms with E-state index < -0.39 is 20.1 Å². The summed E-state index contributed by atoms with van der Waals surface area (Å²) < 4.78 is 0. The fourth-order valence-corrected chi connectivity index (χ4v) is 3.03. The van der Waals surface area contributed by atoms with Crippen molar-refractivity contribution in [3.8, 4) is 6.07 Å². The molecule has 3 saturated heterocycles. The third-order valence-corrected chi connectivity index (χ3v) is 4.64. The van der Waals surface area contributed by atoms with Crippen LogP contribution in [-0.2, 0) is 0 Å². The number of aliphatic hydroxyl groups excluding tert-OH is 1. The number of nitrogens with zero attached hydrogens (tertiary/aromatic N) is 6. The predicted octanol–water partition coefficient (Wildman–Crippen LogP) is -13.2. The summed E-state index contributed by atoms with van der Waals surface area (Å²) in [6.45, 7) is 16.0. The minimum absolute atomic E-state index is 0. The molecule has 0 bridgehead atoms. The monoisotopic (exact) mass is 812 g/mol. The molecular weight excluding hydrogens is 761 g/mol. The van der Waals surface area contributed by atoms with Crippen molar-refractivity contribution in [2.24, 2.45) is 4.99 Å². The Morgan fingerprint density at radius 3 is 1.09 bits per heavy atom. The number of hydrogen-bond donors (Lipinski definition) is 13. The fourth-order valence-electron chi connectivity index (χ4n) is 3.03. The summed E-state index contributed by atoms with van der Waals surface area (Å²) >= 11 is 0. The van der Waals surface area contributed by atoms with E-state index in [4.69, 9.17) is 20.4 Å². The summed E-state index contributed by atoms with van der Waals surface area (Å²) in [7, 11) is 1.75. The van der Waals surface area contributed by atoms with Crippen molar-refractivity contribution in [2.75, 3.05) is 66.6 Å². The van der Waals surface area contributed by atoms with Crippen LogP contribution in [0.2, 0.25) is 0 Å². The van der Waals surface area contributed by atoms with E-state index in [1.165, 1.54) is 6.92 Å². The molecule has 296 valence electrons. The van der Waals surface area contributed by atoms with Crippen molar-refractivity contribution in [3.63, 3.8) is 0 Å². The molecule has 32 heteroatoms. The average molecular weight is 813 g/mol. The van der Waals surface area contributed by atoms with Crippen molar-refractivity contribution in [3.05, 3.63) is 68.6 Å². The molecule has 29 nitrogen and oxygen atoms in total. The molecule has 4 aliphatic rings. The van der Waals surface area contributed by atoms with E-state index in [-0.39, 0.29) is 112 Å². The van der Waals surface area contributed by atoms with Crippen LogP contribution in [-0.4, -0.2) is 104 Å². The number of aliphatic imine (C=N–C) groups is 1. The van der Waals surface area contributed by atoms with Crippen LogP contribution in [0.4, 0.5) is 0 Å². The van der Waals surface area contributed by atoms with Gasteiger partial charge in [-0.1, -0.05) is 41.1 Å². The molecule has 0 atom stereocenters. The standard InChI is InChI=1S/2C4H8N6O4.C4H10N2.C4H8N2.C2H3N.C2H6.CH4O.CH3O.HNO.3Na/c2*11-9(12)7-4(8-10(13)14)3-5-1-2-6-3;2*1-4-5-2-3-6-4;1-2-3;4*1-2;;;/h2*5-8H,1-2H2;4-6H,2-3H2,1H3;2-3H2,1H3,(H,5,6);1H3;1-2H3;2H,1H3;1H3;1H;;;/q;;;;;;;-1;;3*+1. The molecule has 0 amide bonds. The smallest absolute Gasteiger partial charge is 0.857 e. The van der Waals surface area contributed by atoms with E-state index in [0.29, 0.717) is 32.3 Å². The molecule has 0 unspecified atom stereocenters. The summed E-state index contributed by atoms with van der Waals surface area (Å²) in [4.78, 5) is 51.9. The zero-order chi connectivity index (χ0) is 40.6. The molecule has 0 aromatic rings. The maximum atomic E-state index is 10.1. The first kappa shape index (κ1) is 68.8. The Balaban J connectivity index is -0.0000000817. The molecule has 0 aromatic heterocycles. The first-order valence-corrected chi connectivity index (χ1v) is 14.6. The van der Waals surface area contributed by atoms with Crippen LogP contribution < -0.4 is 153 Å². The van der Waals surface area contributed by atoms with Crippen LogP contribution in [0.3, 0.4) is 0 Å². The molecule has 0 radical (unpaired) electrons. The molecule has 4 heterocycles. The van der Waals surface area contributed by atoms with Gasteiger partial charge in [0.1, 0.15) is 0 Å². The van der Waals surface area contributed by atoms with Gasteiger partial charge in [0.05, 0.1) is 24.6 Å². The Kier molecular flexibility index (Phi) is 66.3. The second kappa shape index (κ2) is 52.0. The topological polar surface area (TPSA) is 425 Å². The fraction of sp³-hybridized carbons (Fsp3) is 0.727. The minimum atomic E-state index is -0.888. The van der Waals surface area contributed by atoms with Gasteiger partial charge in [-0.15, -0.1) is 0 Å². The molecular formula is C22H51N18Na3O11+2. The SMILES string of the molecule is CC.CC#N.CC1=NCCN1.CC1NCCN1.CO.C[O-].N=O.O=[N+]([O-])NC(N[N+](=O)[O-])=C1NCCN1.O=[N+]([O-])NC(N[N+](=O)[O-])=C1NCCN1.[Na+].[Na+].[Na+]. The first-order valence-electron chi connectivity index (χ1n) is 14.6. The molecule has 3 fully saturated rings. The van der Waals surface area contributed by atoms with Gasteiger partial charge in [-0.2, -0.15) is 17.3 Å². The van der Waals surface area contributed by atoms with E-state index in [2.05, 4.69) is 54.7 Å². The van der Waals surface area contributed by atoms with Gasteiger partial charge in [-0.3, -0.25) is 4.99 Å². The molecule has 0 aromatic carbocycles. The summed E-state index contributed by atoms with van der Waals surface area (Å²) in [5.74, 6) is 0.849. The molecule has 4 rings (SSSR count). The molecule has 4 aliphatic heterocycles. The number of aliphatic hydroxyl groups is 1. The van der Waals surface area contributed by atoms with Crippen LogP contribution in [0.25, 0.3) is 0 Å². The average Bonchev–Trinajstić information content (AvgIpc) is 3.95. The number of rotatable bonds is 8. The third-order valence-electron chi connectivity index (χ3n) is 4.64. The Labute approximate surface area is 378 Å². The molecule has 0 saturated carbocycles. The molecule has 0 spiro atoms. The van der Waals surface area contributed by atoms with E-state index >= 15 is 0 Å². The summed E-state index contributed by atoms with van der Waals surface area (Å²) in [6.07, 6.45) is 0.546. The Morgan fingerprint density at radius 2 is 0.963 bits per heavy atom. The number of amidine groups is 1. The normalized spacial score (nSPS) is 12.8. The van der Waals surface area contributed by atoms with E-state index in [1.807, 2.05) is 20.8 Å². The maximum Gasteiger partial charge on any atom is 1.00 e.